The molecule has 0 saturated carbocycles. The summed E-state index contributed by atoms with van der Waals surface area (Å²) in [7, 11) is 0. The second-order valence-corrected chi connectivity index (χ2v) is 6.75. The lowest BCUT2D eigenvalue weighted by molar-refractivity contribution is -0.137. The van der Waals surface area contributed by atoms with Crippen LogP contribution >= 0.6 is 0 Å². The Hall–Kier alpha value is -3.15. The minimum atomic E-state index is -0.896. The van der Waals surface area contributed by atoms with Gasteiger partial charge in [0.25, 0.3) is 0 Å². The third kappa shape index (κ3) is 7.61. The maximum atomic E-state index is 12.6. The van der Waals surface area contributed by atoms with E-state index in [9.17, 15) is 14.4 Å². The summed E-state index contributed by atoms with van der Waals surface area (Å²) in [6.07, 6.45) is 0.954. The molecule has 28 heavy (non-hydrogen) atoms. The third-order valence-corrected chi connectivity index (χ3v) is 4.37. The van der Waals surface area contributed by atoms with Gasteiger partial charge in [0.05, 0.1) is 12.5 Å². The highest BCUT2D eigenvalue weighted by molar-refractivity contribution is 5.79. The molecule has 2 rings (SSSR count). The van der Waals surface area contributed by atoms with Gasteiger partial charge in [0, 0.05) is 19.4 Å². The van der Waals surface area contributed by atoms with Gasteiger partial charge in [0.1, 0.15) is 0 Å². The Morgan fingerprint density at radius 3 is 2.11 bits per heavy atom. The van der Waals surface area contributed by atoms with Crippen LogP contribution in [0.15, 0.2) is 60.7 Å². The Morgan fingerprint density at radius 2 is 1.54 bits per heavy atom. The molecule has 2 aromatic carbocycles. The molecule has 2 amide bonds. The number of amides is 2. The maximum Gasteiger partial charge on any atom is 0.303 e. The van der Waals surface area contributed by atoms with Crippen LogP contribution in [0, 0.1) is 0 Å². The molecule has 0 aliphatic heterocycles. The van der Waals surface area contributed by atoms with E-state index in [0.29, 0.717) is 12.8 Å². The van der Waals surface area contributed by atoms with E-state index in [2.05, 4.69) is 10.6 Å². The second kappa shape index (κ2) is 10.9. The number of aliphatic carboxylic acids is 1. The van der Waals surface area contributed by atoms with Crippen LogP contribution in [0.2, 0.25) is 0 Å². The quantitative estimate of drug-likeness (QED) is 0.589. The van der Waals surface area contributed by atoms with E-state index in [1.54, 1.807) is 0 Å². The molecule has 0 bridgehead atoms. The number of carboxylic acid groups (broad SMARTS) is 1. The third-order valence-electron chi connectivity index (χ3n) is 4.37. The molecule has 0 radical (unpaired) electrons. The van der Waals surface area contributed by atoms with Gasteiger partial charge in [-0.05, 0) is 24.0 Å². The Balaban J connectivity index is 2.04. The molecule has 2 aromatic rings. The van der Waals surface area contributed by atoms with Gasteiger partial charge >= 0.3 is 5.97 Å². The van der Waals surface area contributed by atoms with Gasteiger partial charge in [-0.25, -0.2) is 0 Å². The zero-order valence-electron chi connectivity index (χ0n) is 15.9. The molecule has 0 aromatic heterocycles. The van der Waals surface area contributed by atoms with Crippen molar-refractivity contribution in [3.63, 3.8) is 0 Å². The lowest BCUT2D eigenvalue weighted by Crippen LogP contribution is -2.39. The molecule has 6 nitrogen and oxygen atoms in total. The van der Waals surface area contributed by atoms with Gasteiger partial charge in [-0.1, -0.05) is 60.7 Å². The Kier molecular flexibility index (Phi) is 8.21. The molecular formula is C22H26N2O4. The summed E-state index contributed by atoms with van der Waals surface area (Å²) in [5.74, 6) is -1.34. The largest absolute Gasteiger partial charge is 0.481 e. The van der Waals surface area contributed by atoms with Crippen molar-refractivity contribution >= 4 is 17.8 Å². The van der Waals surface area contributed by atoms with Gasteiger partial charge in [-0.3, -0.25) is 14.4 Å². The fourth-order valence-electron chi connectivity index (χ4n) is 3.08. The number of nitrogens with one attached hydrogen (secondary N) is 2. The minimum absolute atomic E-state index is 0.0222. The number of rotatable bonds is 10. The normalized spacial score (nSPS) is 12.6. The highest BCUT2D eigenvalue weighted by atomic mass is 16.4. The molecule has 0 aliphatic rings. The highest BCUT2D eigenvalue weighted by Gasteiger charge is 2.20. The summed E-state index contributed by atoms with van der Waals surface area (Å²) in [5, 5.41) is 14.7. The molecule has 148 valence electrons. The van der Waals surface area contributed by atoms with Crippen LogP contribution in [0.5, 0.6) is 0 Å². The first kappa shape index (κ1) is 21.2. The summed E-state index contributed by atoms with van der Waals surface area (Å²) in [6.45, 7) is 1.42. The van der Waals surface area contributed by atoms with Crippen molar-refractivity contribution in [1.82, 2.24) is 10.6 Å². The first-order valence-corrected chi connectivity index (χ1v) is 9.31. The van der Waals surface area contributed by atoms with Crippen molar-refractivity contribution < 1.29 is 19.5 Å². The molecule has 2 atom stereocenters. The molecule has 0 saturated heterocycles. The highest BCUT2D eigenvalue weighted by Crippen LogP contribution is 2.17. The standard InChI is InChI=1S/C22H26N2O4/c1-16(25)23-20(18-10-6-3-7-11-18)15-21(26)24-19(12-13-22(27)28)14-17-8-4-2-5-9-17/h2-11,19-20H,12-15H2,1H3,(H,23,25)(H,24,26)(H,27,28). The number of hydrogen-bond acceptors (Lipinski definition) is 3. The minimum Gasteiger partial charge on any atom is -0.481 e. The van der Waals surface area contributed by atoms with Crippen LogP contribution in [0.25, 0.3) is 0 Å². The molecular weight excluding hydrogens is 356 g/mol. The number of hydrogen-bond donors (Lipinski definition) is 3. The van der Waals surface area contributed by atoms with Crippen molar-refractivity contribution in [2.45, 2.75) is 44.7 Å². The van der Waals surface area contributed by atoms with Crippen molar-refractivity contribution in [2.75, 3.05) is 0 Å². The van der Waals surface area contributed by atoms with Gasteiger partial charge in [0.2, 0.25) is 11.8 Å². The van der Waals surface area contributed by atoms with E-state index in [0.717, 1.165) is 11.1 Å². The molecule has 6 heteroatoms. The molecule has 0 heterocycles. The molecule has 0 spiro atoms. The van der Waals surface area contributed by atoms with Crippen molar-refractivity contribution in [1.29, 1.82) is 0 Å². The summed E-state index contributed by atoms with van der Waals surface area (Å²) in [4.78, 5) is 35.2. The second-order valence-electron chi connectivity index (χ2n) is 6.75. The zero-order valence-corrected chi connectivity index (χ0v) is 15.9. The zero-order chi connectivity index (χ0) is 20.4. The van der Waals surface area contributed by atoms with E-state index < -0.39 is 12.0 Å². The van der Waals surface area contributed by atoms with E-state index in [1.807, 2.05) is 60.7 Å². The van der Waals surface area contributed by atoms with Crippen LogP contribution in [0.3, 0.4) is 0 Å². The molecule has 0 fully saturated rings. The van der Waals surface area contributed by atoms with Gasteiger partial charge < -0.3 is 15.7 Å². The average molecular weight is 382 g/mol. The SMILES string of the molecule is CC(=O)NC(CC(=O)NC(CCC(=O)O)Cc1ccccc1)c1ccccc1. The summed E-state index contributed by atoms with van der Waals surface area (Å²) >= 11 is 0. The molecule has 0 aliphatic carbocycles. The predicted octanol–water partition coefficient (Wildman–Crippen LogP) is 2.85. The van der Waals surface area contributed by atoms with Gasteiger partial charge in [0.15, 0.2) is 0 Å². The maximum absolute atomic E-state index is 12.6. The fraction of sp³-hybridized carbons (Fsp3) is 0.318. The Bertz CT molecular complexity index is 778. The number of carbonyl (C=O) groups is 3. The smallest absolute Gasteiger partial charge is 0.303 e. The Morgan fingerprint density at radius 1 is 0.929 bits per heavy atom. The first-order valence-electron chi connectivity index (χ1n) is 9.31. The summed E-state index contributed by atoms with van der Waals surface area (Å²) in [5.41, 5.74) is 1.87. The topological polar surface area (TPSA) is 95.5 Å². The first-order chi connectivity index (χ1) is 13.4. The van der Waals surface area contributed by atoms with Crippen LogP contribution in [0.4, 0.5) is 0 Å². The van der Waals surface area contributed by atoms with Crippen molar-refractivity contribution in [2.24, 2.45) is 0 Å². The number of carbonyl (C=O) groups excluding carboxylic acids is 2. The van der Waals surface area contributed by atoms with E-state index in [-0.39, 0.29) is 30.7 Å². The monoisotopic (exact) mass is 382 g/mol. The molecule has 3 N–H and O–H groups in total. The van der Waals surface area contributed by atoms with Crippen LogP contribution < -0.4 is 10.6 Å². The summed E-state index contributed by atoms with van der Waals surface area (Å²) < 4.78 is 0. The number of carboxylic acids is 1. The van der Waals surface area contributed by atoms with E-state index in [4.69, 9.17) is 5.11 Å². The van der Waals surface area contributed by atoms with Crippen molar-refractivity contribution in [3.05, 3.63) is 71.8 Å². The van der Waals surface area contributed by atoms with E-state index >= 15 is 0 Å². The van der Waals surface area contributed by atoms with Crippen LogP contribution in [-0.4, -0.2) is 28.9 Å². The van der Waals surface area contributed by atoms with Gasteiger partial charge in [-0.15, -0.1) is 0 Å². The van der Waals surface area contributed by atoms with Crippen LogP contribution in [-0.2, 0) is 20.8 Å². The molecule has 2 unspecified atom stereocenters. The van der Waals surface area contributed by atoms with Crippen molar-refractivity contribution in [3.8, 4) is 0 Å². The lowest BCUT2D eigenvalue weighted by Gasteiger charge is -2.22. The average Bonchev–Trinajstić information content (AvgIpc) is 2.66. The number of benzene rings is 2. The predicted molar refractivity (Wildman–Crippen MR) is 107 cm³/mol. The summed E-state index contributed by atoms with van der Waals surface area (Å²) in [6, 6.07) is 18.2. The van der Waals surface area contributed by atoms with E-state index in [1.165, 1.54) is 6.92 Å². The Labute approximate surface area is 165 Å². The fourth-order valence-corrected chi connectivity index (χ4v) is 3.08. The van der Waals surface area contributed by atoms with Crippen LogP contribution in [0.1, 0.15) is 43.4 Å². The van der Waals surface area contributed by atoms with Gasteiger partial charge in [-0.2, -0.15) is 0 Å². The lowest BCUT2D eigenvalue weighted by atomic mass is 10.00.